The fraction of sp³-hybridized carbons (Fsp3) is 0.208. The summed E-state index contributed by atoms with van der Waals surface area (Å²) in [6.45, 7) is 1.60. The van der Waals surface area contributed by atoms with Crippen molar-refractivity contribution in [1.29, 1.82) is 0 Å². The molecule has 2 aromatic carbocycles. The number of para-hydroxylation sites is 2. The number of pyridine rings is 1. The molecule has 2 aromatic rings. The average molecular weight is 414 g/mol. The molecule has 156 valence electrons. The Morgan fingerprint density at radius 1 is 1.06 bits per heavy atom. The van der Waals surface area contributed by atoms with E-state index < -0.39 is 0 Å². The van der Waals surface area contributed by atoms with E-state index in [0.717, 1.165) is 17.7 Å². The third-order valence-corrected chi connectivity index (χ3v) is 5.64. The van der Waals surface area contributed by atoms with Gasteiger partial charge in [-0.3, -0.25) is 9.59 Å². The first-order chi connectivity index (χ1) is 15.2. The lowest BCUT2D eigenvalue weighted by Gasteiger charge is -2.19. The molecule has 0 saturated heterocycles. The number of hydrogen-bond donors (Lipinski definition) is 0. The highest BCUT2D eigenvalue weighted by molar-refractivity contribution is 6.10. The molecule has 0 radical (unpaired) electrons. The Morgan fingerprint density at radius 3 is 2.65 bits per heavy atom. The van der Waals surface area contributed by atoms with Crippen LogP contribution in [0.2, 0.25) is 0 Å². The summed E-state index contributed by atoms with van der Waals surface area (Å²) in [6.07, 6.45) is 4.33. The van der Waals surface area contributed by atoms with E-state index >= 15 is 0 Å². The molecule has 5 rings (SSSR count). The standard InChI is InChI=1S/C24H22N4O3/c1-31-14-13-26-15-19(23(29)27-12-11-17-7-5-6-10-21(17)27)22-20(16-26)24(30)28(25-22)18-8-3-2-4-9-18/h2-10,15-16H,11-14H2,1H3. The zero-order chi connectivity index (χ0) is 21.4. The third kappa shape index (κ3) is 3.33. The minimum Gasteiger partial charge on any atom is -0.383 e. The number of carbonyl (C=O) groups excluding carboxylic acids is 1. The lowest BCUT2D eigenvalue weighted by molar-refractivity contribution is 0.0988. The van der Waals surface area contributed by atoms with Crippen LogP contribution in [0.1, 0.15) is 15.9 Å². The summed E-state index contributed by atoms with van der Waals surface area (Å²) < 4.78 is 8.39. The Balaban J connectivity index is 1.66. The molecule has 0 aromatic heterocycles. The van der Waals surface area contributed by atoms with Gasteiger partial charge in [0.25, 0.3) is 11.5 Å². The number of hydrogen-bond acceptors (Lipinski definition) is 4. The number of carbonyl (C=O) groups is 1. The van der Waals surface area contributed by atoms with Crippen molar-refractivity contribution in [2.75, 3.05) is 25.2 Å². The van der Waals surface area contributed by atoms with Gasteiger partial charge in [-0.15, -0.1) is 0 Å². The van der Waals surface area contributed by atoms with E-state index in [1.54, 1.807) is 24.4 Å². The van der Waals surface area contributed by atoms with E-state index in [9.17, 15) is 9.59 Å². The number of benzene rings is 2. The molecule has 0 fully saturated rings. The second-order valence-electron chi connectivity index (χ2n) is 7.55. The summed E-state index contributed by atoms with van der Waals surface area (Å²) in [7, 11) is 1.62. The Morgan fingerprint density at radius 2 is 1.84 bits per heavy atom. The second-order valence-corrected chi connectivity index (χ2v) is 7.55. The molecule has 0 spiro atoms. The SMILES string of the molecule is COCCn1cc(C(=O)N2CCc3ccccc32)c2nn(-c3ccccc3)c(=O)c-2c1. The van der Waals surface area contributed by atoms with Gasteiger partial charge < -0.3 is 14.2 Å². The first-order valence-electron chi connectivity index (χ1n) is 10.2. The van der Waals surface area contributed by atoms with Gasteiger partial charge in [-0.2, -0.15) is 9.78 Å². The molecule has 3 aliphatic rings. The maximum absolute atomic E-state index is 13.6. The first kappa shape index (κ1) is 19.3. The molecule has 0 saturated carbocycles. The van der Waals surface area contributed by atoms with Crippen LogP contribution in [-0.2, 0) is 17.7 Å². The predicted octanol–water partition coefficient (Wildman–Crippen LogP) is 2.99. The van der Waals surface area contributed by atoms with Crippen molar-refractivity contribution in [3.63, 3.8) is 0 Å². The van der Waals surface area contributed by atoms with Crippen LogP contribution in [0.15, 0.2) is 71.8 Å². The van der Waals surface area contributed by atoms with E-state index in [0.29, 0.717) is 42.2 Å². The van der Waals surface area contributed by atoms with E-state index in [2.05, 4.69) is 5.10 Å². The van der Waals surface area contributed by atoms with Crippen LogP contribution in [0.4, 0.5) is 5.69 Å². The zero-order valence-corrected chi connectivity index (χ0v) is 17.2. The van der Waals surface area contributed by atoms with Crippen LogP contribution in [0, 0.1) is 0 Å². The molecule has 31 heavy (non-hydrogen) atoms. The van der Waals surface area contributed by atoms with Crippen molar-refractivity contribution in [2.24, 2.45) is 0 Å². The molecule has 7 heteroatoms. The second kappa shape index (κ2) is 7.85. The Bertz CT molecular complexity index is 1280. The van der Waals surface area contributed by atoms with E-state index in [-0.39, 0.29) is 11.5 Å². The van der Waals surface area contributed by atoms with Crippen LogP contribution < -0.4 is 10.5 Å². The van der Waals surface area contributed by atoms with Gasteiger partial charge in [-0.05, 0) is 30.2 Å². The highest BCUT2D eigenvalue weighted by Gasteiger charge is 2.30. The summed E-state index contributed by atoms with van der Waals surface area (Å²) in [5, 5.41) is 4.56. The van der Waals surface area contributed by atoms with Gasteiger partial charge in [0.15, 0.2) is 0 Å². The van der Waals surface area contributed by atoms with Crippen molar-refractivity contribution in [3.05, 3.63) is 88.5 Å². The molecule has 0 aliphatic carbocycles. The number of methoxy groups -OCH3 is 1. The van der Waals surface area contributed by atoms with Crippen molar-refractivity contribution in [3.8, 4) is 16.9 Å². The van der Waals surface area contributed by atoms with Gasteiger partial charge in [0.05, 0.1) is 23.4 Å². The summed E-state index contributed by atoms with van der Waals surface area (Å²) in [5.41, 5.74) is 3.72. The van der Waals surface area contributed by atoms with Gasteiger partial charge in [-0.1, -0.05) is 36.4 Å². The largest absolute Gasteiger partial charge is 0.383 e. The number of nitrogens with zero attached hydrogens (tertiary/aromatic N) is 4. The lowest BCUT2D eigenvalue weighted by Crippen LogP contribution is -2.30. The topological polar surface area (TPSA) is 69.4 Å². The molecule has 3 heterocycles. The number of rotatable bonds is 5. The molecule has 3 aliphatic heterocycles. The molecular weight excluding hydrogens is 392 g/mol. The van der Waals surface area contributed by atoms with Gasteiger partial charge in [0.1, 0.15) is 5.69 Å². The molecule has 0 atom stereocenters. The third-order valence-electron chi connectivity index (χ3n) is 5.64. The summed E-state index contributed by atoms with van der Waals surface area (Å²) in [4.78, 5) is 28.6. The maximum Gasteiger partial charge on any atom is 0.282 e. The van der Waals surface area contributed by atoms with Crippen molar-refractivity contribution >= 4 is 11.6 Å². The Labute approximate surface area is 179 Å². The van der Waals surface area contributed by atoms with E-state index in [1.165, 1.54) is 4.68 Å². The quantitative estimate of drug-likeness (QED) is 0.504. The van der Waals surface area contributed by atoms with E-state index in [4.69, 9.17) is 4.74 Å². The summed E-state index contributed by atoms with van der Waals surface area (Å²) in [6, 6.07) is 17.2. The number of amides is 1. The van der Waals surface area contributed by atoms with Crippen molar-refractivity contribution in [2.45, 2.75) is 13.0 Å². The normalized spacial score (nSPS) is 13.0. The van der Waals surface area contributed by atoms with Crippen LogP contribution in [0.25, 0.3) is 16.9 Å². The summed E-state index contributed by atoms with van der Waals surface area (Å²) in [5.74, 6) is -0.153. The molecule has 7 nitrogen and oxygen atoms in total. The fourth-order valence-corrected chi connectivity index (χ4v) is 4.08. The smallest absolute Gasteiger partial charge is 0.282 e. The highest BCUT2D eigenvalue weighted by Crippen LogP contribution is 2.31. The molecule has 0 N–H and O–H groups in total. The Kier molecular flexibility index (Phi) is 4.88. The predicted molar refractivity (Wildman–Crippen MR) is 118 cm³/mol. The zero-order valence-electron chi connectivity index (χ0n) is 17.2. The minimum atomic E-state index is -0.246. The minimum absolute atomic E-state index is 0.153. The first-order valence-corrected chi connectivity index (χ1v) is 10.2. The number of aromatic nitrogens is 3. The number of anilines is 1. The number of fused-ring (bicyclic) bond motifs is 2. The molecular formula is C24H22N4O3. The van der Waals surface area contributed by atoms with Crippen LogP contribution in [0.3, 0.4) is 0 Å². The molecule has 0 unspecified atom stereocenters. The maximum atomic E-state index is 13.6. The fourth-order valence-electron chi connectivity index (χ4n) is 4.08. The summed E-state index contributed by atoms with van der Waals surface area (Å²) >= 11 is 0. The van der Waals surface area contributed by atoms with Crippen LogP contribution >= 0.6 is 0 Å². The van der Waals surface area contributed by atoms with Crippen LogP contribution in [-0.4, -0.2) is 40.5 Å². The highest BCUT2D eigenvalue weighted by atomic mass is 16.5. The number of ether oxygens (including phenoxy) is 1. The van der Waals surface area contributed by atoms with E-state index in [1.807, 2.05) is 59.2 Å². The Hall–Kier alpha value is -3.71. The lowest BCUT2D eigenvalue weighted by atomic mass is 10.1. The molecule has 0 bridgehead atoms. The molecule has 1 amide bonds. The van der Waals surface area contributed by atoms with Crippen molar-refractivity contribution < 1.29 is 9.53 Å². The average Bonchev–Trinajstić information content (AvgIpc) is 3.39. The van der Waals surface area contributed by atoms with Crippen LogP contribution in [0.5, 0.6) is 0 Å². The van der Waals surface area contributed by atoms with Gasteiger partial charge >= 0.3 is 0 Å². The van der Waals surface area contributed by atoms with Gasteiger partial charge in [-0.25, -0.2) is 0 Å². The monoisotopic (exact) mass is 414 g/mol. The van der Waals surface area contributed by atoms with Crippen molar-refractivity contribution in [1.82, 2.24) is 14.3 Å². The van der Waals surface area contributed by atoms with Gasteiger partial charge in [0.2, 0.25) is 0 Å². The van der Waals surface area contributed by atoms with Gasteiger partial charge in [0, 0.05) is 38.3 Å².